The fourth-order valence-electron chi connectivity index (χ4n) is 3.38. The first-order valence-electron chi connectivity index (χ1n) is 9.16. The number of carbonyl (C=O) groups is 1. The van der Waals surface area contributed by atoms with Gasteiger partial charge in [-0.1, -0.05) is 59.2 Å². The van der Waals surface area contributed by atoms with Gasteiger partial charge < -0.3 is 5.32 Å². The second kappa shape index (κ2) is 8.60. The van der Waals surface area contributed by atoms with Gasteiger partial charge in [0.2, 0.25) is 5.91 Å². The number of benzene rings is 2. The lowest BCUT2D eigenvalue weighted by atomic mass is 10.0. The van der Waals surface area contributed by atoms with Gasteiger partial charge in [0.15, 0.2) is 5.16 Å². The summed E-state index contributed by atoms with van der Waals surface area (Å²) in [4.78, 5) is 17.3. The first-order chi connectivity index (χ1) is 13.6. The zero-order valence-corrected chi connectivity index (χ0v) is 17.4. The fourth-order valence-corrected chi connectivity index (χ4v) is 4.72. The number of imidazole rings is 1. The maximum atomic E-state index is 12.5. The van der Waals surface area contributed by atoms with Crippen LogP contribution in [0.4, 0.5) is 5.69 Å². The third kappa shape index (κ3) is 4.07. The molecule has 0 bridgehead atoms. The molecule has 0 unspecified atom stereocenters. The largest absolute Gasteiger partial charge is 0.323 e. The molecule has 3 aromatic rings. The van der Waals surface area contributed by atoms with Gasteiger partial charge in [0, 0.05) is 11.4 Å². The van der Waals surface area contributed by atoms with Crippen molar-refractivity contribution >= 4 is 46.6 Å². The Morgan fingerprint density at radius 2 is 1.75 bits per heavy atom. The number of rotatable bonds is 5. The van der Waals surface area contributed by atoms with Crippen LogP contribution in [0.1, 0.15) is 24.2 Å². The van der Waals surface area contributed by atoms with E-state index >= 15 is 0 Å². The number of hydrogen-bond acceptors (Lipinski definition) is 3. The highest BCUT2D eigenvalue weighted by atomic mass is 35.5. The van der Waals surface area contributed by atoms with Crippen LogP contribution in [0, 0.1) is 0 Å². The monoisotopic (exact) mass is 431 g/mol. The molecule has 1 amide bonds. The van der Waals surface area contributed by atoms with Crippen molar-refractivity contribution in [3.05, 3.63) is 70.0 Å². The molecule has 1 N–H and O–H groups in total. The second-order valence-corrected chi connectivity index (χ2v) is 8.36. The molecule has 144 valence electrons. The van der Waals surface area contributed by atoms with E-state index < -0.39 is 0 Å². The lowest BCUT2D eigenvalue weighted by Gasteiger charge is -2.15. The van der Waals surface area contributed by atoms with E-state index in [1.165, 1.54) is 23.9 Å². The quantitative estimate of drug-likeness (QED) is 0.520. The van der Waals surface area contributed by atoms with E-state index in [2.05, 4.69) is 22.0 Å². The van der Waals surface area contributed by atoms with Gasteiger partial charge in [0.05, 0.1) is 27.2 Å². The number of fused-ring (bicyclic) bond motifs is 1. The minimum Gasteiger partial charge on any atom is -0.323 e. The highest BCUT2D eigenvalue weighted by molar-refractivity contribution is 7.99. The molecule has 2 aromatic carbocycles. The number of nitrogens with one attached hydrogen (secondary N) is 1. The number of hydrogen-bond donors (Lipinski definition) is 1. The van der Waals surface area contributed by atoms with Crippen molar-refractivity contribution in [3.8, 4) is 5.69 Å². The Hall–Kier alpha value is -1.95. The third-order valence-electron chi connectivity index (χ3n) is 4.68. The number of amides is 1. The van der Waals surface area contributed by atoms with Gasteiger partial charge in [0.25, 0.3) is 0 Å². The predicted molar refractivity (Wildman–Crippen MR) is 116 cm³/mol. The van der Waals surface area contributed by atoms with Crippen LogP contribution in [0.25, 0.3) is 5.69 Å². The summed E-state index contributed by atoms with van der Waals surface area (Å²) in [6.07, 6.45) is 4.33. The number of aromatic nitrogens is 2. The van der Waals surface area contributed by atoms with Crippen molar-refractivity contribution in [2.24, 2.45) is 0 Å². The molecule has 0 aliphatic heterocycles. The van der Waals surface area contributed by atoms with E-state index in [4.69, 9.17) is 28.2 Å². The van der Waals surface area contributed by atoms with E-state index in [1.54, 1.807) is 18.2 Å². The normalized spacial score (nSPS) is 13.2. The van der Waals surface area contributed by atoms with Gasteiger partial charge in [-0.25, -0.2) is 4.98 Å². The SMILES string of the molecule is O=C(CSc1nc2c(n1-c1ccccc1)CCCC2)Nc1c(Cl)cccc1Cl. The molecule has 4 rings (SSSR count). The molecular weight excluding hydrogens is 413 g/mol. The summed E-state index contributed by atoms with van der Waals surface area (Å²) in [5.41, 5.74) is 3.93. The Morgan fingerprint density at radius 1 is 1.04 bits per heavy atom. The van der Waals surface area contributed by atoms with E-state index in [0.29, 0.717) is 15.7 Å². The molecule has 0 saturated carbocycles. The maximum Gasteiger partial charge on any atom is 0.234 e. The molecule has 0 spiro atoms. The Kier molecular flexibility index (Phi) is 5.95. The number of halogens is 2. The van der Waals surface area contributed by atoms with E-state index in [-0.39, 0.29) is 11.7 Å². The molecular formula is C21H19Cl2N3OS. The average molecular weight is 432 g/mol. The minimum absolute atomic E-state index is 0.166. The van der Waals surface area contributed by atoms with Crippen LogP contribution in [-0.4, -0.2) is 21.2 Å². The maximum absolute atomic E-state index is 12.5. The molecule has 4 nitrogen and oxygen atoms in total. The van der Waals surface area contributed by atoms with E-state index in [0.717, 1.165) is 35.8 Å². The zero-order chi connectivity index (χ0) is 19.5. The molecule has 0 atom stereocenters. The number of anilines is 1. The Labute approximate surface area is 178 Å². The molecule has 0 saturated heterocycles. The smallest absolute Gasteiger partial charge is 0.234 e. The van der Waals surface area contributed by atoms with Crippen LogP contribution in [0.3, 0.4) is 0 Å². The summed E-state index contributed by atoms with van der Waals surface area (Å²) in [5.74, 6) is 0.0603. The molecule has 1 aliphatic carbocycles. The number of para-hydroxylation sites is 2. The lowest BCUT2D eigenvalue weighted by Crippen LogP contribution is -2.15. The zero-order valence-electron chi connectivity index (χ0n) is 15.1. The summed E-state index contributed by atoms with van der Waals surface area (Å²) < 4.78 is 2.19. The van der Waals surface area contributed by atoms with E-state index in [1.807, 2.05) is 18.2 Å². The summed E-state index contributed by atoms with van der Waals surface area (Å²) in [5, 5.41) is 4.50. The molecule has 0 fully saturated rings. The molecule has 7 heteroatoms. The number of aryl methyl sites for hydroxylation is 1. The summed E-state index contributed by atoms with van der Waals surface area (Å²) in [6, 6.07) is 15.3. The Bertz CT molecular complexity index is 984. The minimum atomic E-state index is -0.166. The number of nitrogens with zero attached hydrogens (tertiary/aromatic N) is 2. The molecule has 0 radical (unpaired) electrons. The van der Waals surface area contributed by atoms with Crippen molar-refractivity contribution in [2.75, 3.05) is 11.1 Å². The second-order valence-electron chi connectivity index (χ2n) is 6.60. The van der Waals surface area contributed by atoms with Crippen molar-refractivity contribution in [3.63, 3.8) is 0 Å². The molecule has 28 heavy (non-hydrogen) atoms. The molecule has 1 aromatic heterocycles. The lowest BCUT2D eigenvalue weighted by molar-refractivity contribution is -0.113. The molecule has 1 heterocycles. The highest BCUT2D eigenvalue weighted by Crippen LogP contribution is 2.32. The Morgan fingerprint density at radius 3 is 2.50 bits per heavy atom. The predicted octanol–water partition coefficient (Wildman–Crippen LogP) is 5.79. The Balaban J connectivity index is 1.55. The van der Waals surface area contributed by atoms with Gasteiger partial charge in [-0.2, -0.15) is 0 Å². The topological polar surface area (TPSA) is 46.9 Å². The van der Waals surface area contributed by atoms with Crippen molar-refractivity contribution in [1.29, 1.82) is 0 Å². The summed E-state index contributed by atoms with van der Waals surface area (Å²) >= 11 is 13.7. The van der Waals surface area contributed by atoms with Crippen LogP contribution in [0.2, 0.25) is 10.0 Å². The van der Waals surface area contributed by atoms with E-state index in [9.17, 15) is 4.79 Å². The van der Waals surface area contributed by atoms with Crippen LogP contribution >= 0.6 is 35.0 Å². The van der Waals surface area contributed by atoms with Gasteiger partial charge in [-0.3, -0.25) is 9.36 Å². The standard InChI is InChI=1S/C21H19Cl2N3OS/c22-15-9-6-10-16(23)20(15)25-19(27)13-28-21-24-17-11-4-5-12-18(17)26(21)14-7-2-1-3-8-14/h1-3,6-10H,4-5,11-13H2,(H,25,27). The van der Waals surface area contributed by atoms with Gasteiger partial charge in [-0.05, 0) is 49.9 Å². The van der Waals surface area contributed by atoms with Crippen LogP contribution in [-0.2, 0) is 17.6 Å². The van der Waals surface area contributed by atoms with Gasteiger partial charge in [-0.15, -0.1) is 0 Å². The first-order valence-corrected chi connectivity index (χ1v) is 10.9. The van der Waals surface area contributed by atoms with Crippen molar-refractivity contribution in [1.82, 2.24) is 9.55 Å². The fraction of sp³-hybridized carbons (Fsp3) is 0.238. The van der Waals surface area contributed by atoms with Gasteiger partial charge in [0.1, 0.15) is 0 Å². The van der Waals surface area contributed by atoms with Crippen LogP contribution in [0.5, 0.6) is 0 Å². The number of carbonyl (C=O) groups excluding carboxylic acids is 1. The van der Waals surface area contributed by atoms with Crippen molar-refractivity contribution in [2.45, 2.75) is 30.8 Å². The highest BCUT2D eigenvalue weighted by Gasteiger charge is 2.22. The van der Waals surface area contributed by atoms with Crippen LogP contribution < -0.4 is 5.32 Å². The summed E-state index contributed by atoms with van der Waals surface area (Å²) in [6.45, 7) is 0. The number of thioether (sulfide) groups is 1. The first kappa shape index (κ1) is 19.4. The molecule has 1 aliphatic rings. The average Bonchev–Trinajstić information content (AvgIpc) is 3.08. The van der Waals surface area contributed by atoms with Crippen molar-refractivity contribution < 1.29 is 4.79 Å². The van der Waals surface area contributed by atoms with Gasteiger partial charge >= 0.3 is 0 Å². The third-order valence-corrected chi connectivity index (χ3v) is 6.24. The summed E-state index contributed by atoms with van der Waals surface area (Å²) in [7, 11) is 0. The van der Waals surface area contributed by atoms with Crippen LogP contribution in [0.15, 0.2) is 53.7 Å².